The van der Waals surface area contributed by atoms with Gasteiger partial charge < -0.3 is 30.4 Å². The molecule has 0 unspecified atom stereocenters. The third kappa shape index (κ3) is 9.40. The molecule has 4 aliphatic rings. The summed E-state index contributed by atoms with van der Waals surface area (Å²) >= 11 is 0. The summed E-state index contributed by atoms with van der Waals surface area (Å²) in [6.07, 6.45) is 14.6. The number of hydrogen-bond donors (Lipinski definition) is 2. The van der Waals surface area contributed by atoms with Crippen LogP contribution in [0.2, 0.25) is 0 Å². The van der Waals surface area contributed by atoms with Crippen molar-refractivity contribution in [3.05, 3.63) is 0 Å². The third-order valence-corrected chi connectivity index (χ3v) is 13.6. The van der Waals surface area contributed by atoms with Crippen molar-refractivity contribution in [1.29, 1.82) is 0 Å². The molecule has 4 N–H and O–H groups in total. The molecule has 0 bridgehead atoms. The molecule has 0 saturated heterocycles. The van der Waals surface area contributed by atoms with Gasteiger partial charge in [0.15, 0.2) is 0 Å². The van der Waals surface area contributed by atoms with Crippen molar-refractivity contribution in [3.8, 4) is 0 Å². The molecule has 4 saturated carbocycles. The Labute approximate surface area is 297 Å². The standard InChI is InChI=1S/C40H70N2O7/c1-6-8-10-11-23-47-35(43)15-12-27(3)30-13-14-31-38-32(26-34(40(30,31)5)49-37(45)18-21-42)39(4)19-16-29(48-36(44)17-20-41)24-28(39)25-33(38)46-22-9-7-2/h27-34,38H,6-26,41-42H2,1-5H3/t27-,28+,29-,30-,31+,32+,33-,34+,38+,39+,40-/m1/s1. The summed E-state index contributed by atoms with van der Waals surface area (Å²) in [7, 11) is 0. The fourth-order valence-corrected chi connectivity index (χ4v) is 10.9. The van der Waals surface area contributed by atoms with Crippen LogP contribution in [-0.4, -0.2) is 62.5 Å². The summed E-state index contributed by atoms with van der Waals surface area (Å²) in [5, 5.41) is 0. The van der Waals surface area contributed by atoms with Crippen LogP contribution in [0.5, 0.6) is 0 Å². The number of unbranched alkanes of at least 4 members (excludes halogenated alkanes) is 4. The Balaban J connectivity index is 1.58. The van der Waals surface area contributed by atoms with Gasteiger partial charge >= 0.3 is 17.9 Å². The highest BCUT2D eigenvalue weighted by Crippen LogP contribution is 2.69. The second kappa shape index (κ2) is 18.7. The fourth-order valence-electron chi connectivity index (χ4n) is 10.9. The zero-order chi connectivity index (χ0) is 35.6. The first-order valence-electron chi connectivity index (χ1n) is 20.1. The van der Waals surface area contributed by atoms with E-state index >= 15 is 0 Å². The molecule has 0 aromatic carbocycles. The molecule has 9 nitrogen and oxygen atoms in total. The number of carbonyl (C=O) groups is 3. The van der Waals surface area contributed by atoms with Gasteiger partial charge in [0, 0.05) is 31.5 Å². The molecule has 11 atom stereocenters. The molecular formula is C40H70N2O7. The molecule has 4 rings (SSSR count). The van der Waals surface area contributed by atoms with E-state index in [0.29, 0.717) is 55.1 Å². The minimum Gasteiger partial charge on any atom is -0.466 e. The maximum absolute atomic E-state index is 13.2. The van der Waals surface area contributed by atoms with Gasteiger partial charge in [-0.2, -0.15) is 0 Å². The van der Waals surface area contributed by atoms with Gasteiger partial charge in [0.2, 0.25) is 0 Å². The largest absolute Gasteiger partial charge is 0.466 e. The highest BCUT2D eigenvalue weighted by atomic mass is 16.6. The zero-order valence-corrected chi connectivity index (χ0v) is 31.6. The summed E-state index contributed by atoms with van der Waals surface area (Å²) in [6, 6.07) is 0. The topological polar surface area (TPSA) is 140 Å². The quantitative estimate of drug-likeness (QED) is 0.0824. The summed E-state index contributed by atoms with van der Waals surface area (Å²) in [5.74, 6) is 1.52. The highest BCUT2D eigenvalue weighted by molar-refractivity contribution is 5.70. The van der Waals surface area contributed by atoms with Crippen molar-refractivity contribution in [2.24, 2.45) is 57.8 Å². The molecule has 0 radical (unpaired) electrons. The normalized spacial score (nSPS) is 35.8. The minimum absolute atomic E-state index is 0.0382. The number of carbonyl (C=O) groups excluding carboxylic acids is 3. The smallest absolute Gasteiger partial charge is 0.307 e. The van der Waals surface area contributed by atoms with E-state index in [1.807, 2.05) is 0 Å². The maximum atomic E-state index is 13.2. The van der Waals surface area contributed by atoms with E-state index in [1.54, 1.807) is 0 Å². The minimum atomic E-state index is -0.223. The maximum Gasteiger partial charge on any atom is 0.307 e. The van der Waals surface area contributed by atoms with E-state index in [4.69, 9.17) is 30.4 Å². The number of esters is 3. The van der Waals surface area contributed by atoms with Gasteiger partial charge in [-0.1, -0.05) is 60.3 Å². The average Bonchev–Trinajstić information content (AvgIpc) is 3.43. The number of rotatable bonds is 19. The zero-order valence-electron chi connectivity index (χ0n) is 31.6. The van der Waals surface area contributed by atoms with Crippen LogP contribution in [0.3, 0.4) is 0 Å². The van der Waals surface area contributed by atoms with Gasteiger partial charge in [-0.25, -0.2) is 0 Å². The molecule has 0 amide bonds. The van der Waals surface area contributed by atoms with E-state index in [1.165, 1.54) is 6.42 Å². The first-order valence-corrected chi connectivity index (χ1v) is 20.1. The van der Waals surface area contributed by atoms with E-state index in [0.717, 1.165) is 90.1 Å². The predicted molar refractivity (Wildman–Crippen MR) is 191 cm³/mol. The Hall–Kier alpha value is -1.71. The van der Waals surface area contributed by atoms with Crippen LogP contribution in [0.25, 0.3) is 0 Å². The molecule has 49 heavy (non-hydrogen) atoms. The van der Waals surface area contributed by atoms with Crippen molar-refractivity contribution < 1.29 is 33.3 Å². The monoisotopic (exact) mass is 691 g/mol. The van der Waals surface area contributed by atoms with Gasteiger partial charge in [0.1, 0.15) is 12.2 Å². The summed E-state index contributed by atoms with van der Waals surface area (Å²) in [6.45, 7) is 13.4. The second-order valence-corrected chi connectivity index (χ2v) is 16.5. The molecule has 9 heteroatoms. The molecular weight excluding hydrogens is 620 g/mol. The number of hydrogen-bond acceptors (Lipinski definition) is 9. The molecule has 0 aromatic heterocycles. The van der Waals surface area contributed by atoms with Crippen molar-refractivity contribution >= 4 is 17.9 Å². The summed E-state index contributed by atoms with van der Waals surface area (Å²) in [5.41, 5.74) is 11.3. The van der Waals surface area contributed by atoms with Gasteiger partial charge in [-0.3, -0.25) is 14.4 Å². The van der Waals surface area contributed by atoms with E-state index in [2.05, 4.69) is 34.6 Å². The number of ether oxygens (including phenoxy) is 4. The number of nitrogens with two attached hydrogens (primary N) is 2. The van der Waals surface area contributed by atoms with E-state index in [-0.39, 0.29) is 66.4 Å². The van der Waals surface area contributed by atoms with Crippen LogP contribution < -0.4 is 11.5 Å². The summed E-state index contributed by atoms with van der Waals surface area (Å²) < 4.78 is 24.9. The Kier molecular flexibility index (Phi) is 15.3. The molecule has 0 aromatic rings. The second-order valence-electron chi connectivity index (χ2n) is 16.5. The lowest BCUT2D eigenvalue weighted by Gasteiger charge is -2.64. The van der Waals surface area contributed by atoms with Crippen LogP contribution >= 0.6 is 0 Å². The molecule has 0 heterocycles. The van der Waals surface area contributed by atoms with Gasteiger partial charge in [-0.15, -0.1) is 0 Å². The van der Waals surface area contributed by atoms with E-state index in [9.17, 15) is 14.4 Å². The molecule has 282 valence electrons. The Morgan fingerprint density at radius 3 is 2.18 bits per heavy atom. The Morgan fingerprint density at radius 2 is 1.49 bits per heavy atom. The van der Waals surface area contributed by atoms with Crippen molar-refractivity contribution in [3.63, 3.8) is 0 Å². The van der Waals surface area contributed by atoms with Crippen LogP contribution in [0, 0.1) is 46.3 Å². The van der Waals surface area contributed by atoms with Crippen LogP contribution in [-0.2, 0) is 33.3 Å². The van der Waals surface area contributed by atoms with Gasteiger partial charge in [-0.05, 0) is 105 Å². The predicted octanol–water partition coefficient (Wildman–Crippen LogP) is 7.11. The van der Waals surface area contributed by atoms with Crippen molar-refractivity contribution in [2.45, 2.75) is 162 Å². The van der Waals surface area contributed by atoms with Crippen LogP contribution in [0.15, 0.2) is 0 Å². The Bertz CT molecular complexity index is 1070. The van der Waals surface area contributed by atoms with E-state index < -0.39 is 0 Å². The lowest BCUT2D eigenvalue weighted by molar-refractivity contribution is -0.226. The fraction of sp³-hybridized carbons (Fsp3) is 0.925. The third-order valence-electron chi connectivity index (χ3n) is 13.6. The van der Waals surface area contributed by atoms with Gasteiger partial charge in [0.25, 0.3) is 0 Å². The molecule has 0 aliphatic heterocycles. The number of fused-ring (bicyclic) bond motifs is 5. The average molecular weight is 691 g/mol. The van der Waals surface area contributed by atoms with Crippen molar-refractivity contribution in [2.75, 3.05) is 26.3 Å². The lowest BCUT2D eigenvalue weighted by Crippen LogP contribution is -2.63. The Morgan fingerprint density at radius 1 is 0.776 bits per heavy atom. The highest BCUT2D eigenvalue weighted by Gasteiger charge is 2.67. The lowest BCUT2D eigenvalue weighted by atomic mass is 9.43. The molecule has 4 aliphatic carbocycles. The summed E-state index contributed by atoms with van der Waals surface area (Å²) in [4.78, 5) is 38.4. The van der Waals surface area contributed by atoms with Crippen LogP contribution in [0.1, 0.15) is 144 Å². The van der Waals surface area contributed by atoms with Crippen molar-refractivity contribution in [1.82, 2.24) is 0 Å². The first-order chi connectivity index (χ1) is 23.5. The van der Waals surface area contributed by atoms with Gasteiger partial charge in [0.05, 0.1) is 25.6 Å². The molecule has 0 spiro atoms. The van der Waals surface area contributed by atoms with Crippen LogP contribution in [0.4, 0.5) is 0 Å². The molecule has 4 fully saturated rings. The SMILES string of the molecule is CCCCCCOC(=O)CC[C@@H](C)[C@H]1CC[C@H]2[C@@H]3[C@H](OCCCC)C[C@@H]4C[C@H](OC(=O)CCN)CC[C@]4(C)[C@H]3C[C@H](OC(=O)CCN)[C@]12C. The first kappa shape index (κ1) is 40.1.